The van der Waals surface area contributed by atoms with E-state index in [1.165, 1.54) is 0 Å². The molecule has 0 atom stereocenters. The Hall–Kier alpha value is -2.44. The van der Waals surface area contributed by atoms with Gasteiger partial charge in [0.15, 0.2) is 0 Å². The number of hydrogen-bond acceptors (Lipinski definition) is 3. The Morgan fingerprint density at radius 1 is 1.29 bits per heavy atom. The van der Waals surface area contributed by atoms with Crippen LogP contribution in [0.15, 0.2) is 23.1 Å². The SMILES string of the molecule is O=C(O)c1cn([O-])c2c(F)ccc(F)c2c1=O. The zero-order valence-corrected chi connectivity index (χ0v) is 8.11. The summed E-state index contributed by atoms with van der Waals surface area (Å²) in [5.41, 5.74) is -2.94. The molecule has 0 unspecified atom stereocenters. The number of carboxylic acids is 1. The molecule has 0 saturated heterocycles. The third-order valence-corrected chi connectivity index (χ3v) is 2.25. The summed E-state index contributed by atoms with van der Waals surface area (Å²) in [5.74, 6) is -3.91. The van der Waals surface area contributed by atoms with Crippen LogP contribution in [0.25, 0.3) is 10.9 Å². The van der Waals surface area contributed by atoms with Gasteiger partial charge in [-0.1, -0.05) is 0 Å². The molecule has 0 spiro atoms. The van der Waals surface area contributed by atoms with E-state index in [0.717, 1.165) is 0 Å². The number of nitrogens with zero attached hydrogens (tertiary/aromatic N) is 1. The van der Waals surface area contributed by atoms with Crippen LogP contribution in [0, 0.1) is 16.8 Å². The predicted molar refractivity (Wildman–Crippen MR) is 53.8 cm³/mol. The number of aromatic carboxylic acids is 1. The second kappa shape index (κ2) is 3.55. The van der Waals surface area contributed by atoms with Crippen molar-refractivity contribution in [1.29, 1.82) is 0 Å². The standard InChI is InChI=1S/C10H4F2NO4/c11-5-1-2-6(12)8-7(5)9(14)4(10(15)16)3-13(8)17/h1-3H,(H,15,16)/q-1. The number of pyridine rings is 1. The number of aromatic nitrogens is 1. The molecule has 2 rings (SSSR count). The van der Waals surface area contributed by atoms with Gasteiger partial charge in [-0.25, -0.2) is 13.6 Å². The Labute approximate surface area is 92.1 Å². The van der Waals surface area contributed by atoms with Crippen molar-refractivity contribution in [2.45, 2.75) is 0 Å². The van der Waals surface area contributed by atoms with E-state index in [1.54, 1.807) is 0 Å². The molecule has 0 aliphatic carbocycles. The number of benzene rings is 1. The minimum Gasteiger partial charge on any atom is -0.805 e. The van der Waals surface area contributed by atoms with Gasteiger partial charge in [0.25, 0.3) is 0 Å². The first-order chi connectivity index (χ1) is 7.93. The summed E-state index contributed by atoms with van der Waals surface area (Å²) in [4.78, 5) is 22.2. The molecule has 88 valence electrons. The molecule has 0 aliphatic heterocycles. The second-order valence-corrected chi connectivity index (χ2v) is 3.26. The zero-order valence-electron chi connectivity index (χ0n) is 8.11. The Balaban J connectivity index is 3.10. The molecular weight excluding hydrogens is 236 g/mol. The lowest BCUT2D eigenvalue weighted by molar-refractivity contribution is 0.0695. The Morgan fingerprint density at radius 2 is 1.88 bits per heavy atom. The highest BCUT2D eigenvalue weighted by Crippen LogP contribution is 2.18. The number of halogens is 2. The monoisotopic (exact) mass is 240 g/mol. The molecule has 1 aromatic heterocycles. The molecule has 0 aliphatic rings. The molecule has 5 nitrogen and oxygen atoms in total. The molecule has 2 aromatic rings. The molecule has 0 bridgehead atoms. The van der Waals surface area contributed by atoms with E-state index >= 15 is 0 Å². The van der Waals surface area contributed by atoms with Crippen molar-refractivity contribution < 1.29 is 18.7 Å². The molecule has 17 heavy (non-hydrogen) atoms. The number of carboxylic acid groups (broad SMARTS) is 1. The van der Waals surface area contributed by atoms with Crippen LogP contribution in [-0.4, -0.2) is 15.8 Å². The van der Waals surface area contributed by atoms with Crippen molar-refractivity contribution in [1.82, 2.24) is 4.73 Å². The van der Waals surface area contributed by atoms with Crippen LogP contribution in [0.1, 0.15) is 10.4 Å². The van der Waals surface area contributed by atoms with Crippen LogP contribution >= 0.6 is 0 Å². The summed E-state index contributed by atoms with van der Waals surface area (Å²) in [6.07, 6.45) is 0.412. The summed E-state index contributed by atoms with van der Waals surface area (Å²) in [7, 11) is 0. The lowest BCUT2D eigenvalue weighted by Gasteiger charge is -2.15. The second-order valence-electron chi connectivity index (χ2n) is 3.26. The van der Waals surface area contributed by atoms with E-state index in [1.807, 2.05) is 0 Å². The van der Waals surface area contributed by atoms with Gasteiger partial charge in [-0.05, 0) is 12.1 Å². The third-order valence-electron chi connectivity index (χ3n) is 2.25. The Morgan fingerprint density at radius 3 is 2.47 bits per heavy atom. The first-order valence-corrected chi connectivity index (χ1v) is 4.37. The van der Waals surface area contributed by atoms with Crippen molar-refractivity contribution in [3.8, 4) is 0 Å². The maximum absolute atomic E-state index is 13.3. The molecule has 0 radical (unpaired) electrons. The lowest BCUT2D eigenvalue weighted by Crippen LogP contribution is -2.19. The number of hydrogen-bond donors (Lipinski definition) is 1. The summed E-state index contributed by atoms with van der Waals surface area (Å²) in [6, 6.07) is 1.34. The van der Waals surface area contributed by atoms with Gasteiger partial charge in [-0.3, -0.25) is 4.79 Å². The minimum atomic E-state index is -1.68. The highest BCUT2D eigenvalue weighted by Gasteiger charge is 2.17. The molecule has 7 heteroatoms. The Bertz CT molecular complexity index is 693. The van der Waals surface area contributed by atoms with Gasteiger partial charge in [0.2, 0.25) is 5.43 Å². The maximum Gasteiger partial charge on any atom is 0.341 e. The smallest absolute Gasteiger partial charge is 0.341 e. The van der Waals surface area contributed by atoms with Crippen LogP contribution in [0.4, 0.5) is 8.78 Å². The number of carbonyl (C=O) groups is 1. The highest BCUT2D eigenvalue weighted by atomic mass is 19.1. The summed E-state index contributed by atoms with van der Waals surface area (Å²) < 4.78 is 26.4. The Kier molecular flexibility index (Phi) is 2.31. The van der Waals surface area contributed by atoms with E-state index in [2.05, 4.69) is 0 Å². The zero-order chi connectivity index (χ0) is 12.7. The average Bonchev–Trinajstić information content (AvgIpc) is 2.26. The molecule has 0 fully saturated rings. The largest absolute Gasteiger partial charge is 0.805 e. The van der Waals surface area contributed by atoms with Gasteiger partial charge in [0.1, 0.15) is 17.2 Å². The summed E-state index contributed by atoms with van der Waals surface area (Å²) in [6.45, 7) is 0. The topological polar surface area (TPSA) is 82.4 Å². The molecule has 1 N–H and O–H groups in total. The van der Waals surface area contributed by atoms with Crippen LogP contribution in [0.2, 0.25) is 0 Å². The first-order valence-electron chi connectivity index (χ1n) is 4.37. The third kappa shape index (κ3) is 1.52. The molecule has 0 saturated carbocycles. The van der Waals surface area contributed by atoms with Gasteiger partial charge in [-0.2, -0.15) is 0 Å². The molecule has 1 heterocycles. The van der Waals surface area contributed by atoms with Crippen molar-refractivity contribution in [3.63, 3.8) is 0 Å². The van der Waals surface area contributed by atoms with Gasteiger partial charge in [-0.15, -0.1) is 0 Å². The fourth-order valence-electron chi connectivity index (χ4n) is 1.50. The maximum atomic E-state index is 13.3. The van der Waals surface area contributed by atoms with Crippen molar-refractivity contribution in [2.75, 3.05) is 0 Å². The summed E-state index contributed by atoms with van der Waals surface area (Å²) >= 11 is 0. The van der Waals surface area contributed by atoms with Crippen LogP contribution in [0.3, 0.4) is 0 Å². The van der Waals surface area contributed by atoms with E-state index in [-0.39, 0.29) is 4.73 Å². The van der Waals surface area contributed by atoms with E-state index in [4.69, 9.17) is 5.11 Å². The fourth-order valence-corrected chi connectivity index (χ4v) is 1.50. The number of fused-ring (bicyclic) bond motifs is 1. The fraction of sp³-hybridized carbons (Fsp3) is 0. The predicted octanol–water partition coefficient (Wildman–Crippen LogP) is 1.32. The van der Waals surface area contributed by atoms with Crippen LogP contribution in [-0.2, 0) is 0 Å². The van der Waals surface area contributed by atoms with E-state index < -0.39 is 39.5 Å². The van der Waals surface area contributed by atoms with Crippen LogP contribution in [0.5, 0.6) is 0 Å². The molecular formula is C10H4F2NO4-. The average molecular weight is 240 g/mol. The van der Waals surface area contributed by atoms with Gasteiger partial charge in [0, 0.05) is 6.20 Å². The van der Waals surface area contributed by atoms with E-state index in [9.17, 15) is 23.6 Å². The normalized spacial score (nSPS) is 10.7. The molecule has 1 aromatic carbocycles. The van der Waals surface area contributed by atoms with Crippen LogP contribution < -0.4 is 5.43 Å². The highest BCUT2D eigenvalue weighted by molar-refractivity contribution is 5.93. The first kappa shape index (κ1) is 11.1. The molecule has 0 amide bonds. The summed E-state index contributed by atoms with van der Waals surface area (Å²) in [5, 5.41) is 19.1. The number of rotatable bonds is 1. The van der Waals surface area contributed by atoms with Crippen molar-refractivity contribution in [3.05, 3.63) is 51.0 Å². The quantitative estimate of drug-likeness (QED) is 0.814. The van der Waals surface area contributed by atoms with Gasteiger partial charge >= 0.3 is 5.97 Å². The van der Waals surface area contributed by atoms with Crippen molar-refractivity contribution in [2.24, 2.45) is 0 Å². The van der Waals surface area contributed by atoms with Gasteiger partial charge < -0.3 is 15.0 Å². The lowest BCUT2D eigenvalue weighted by atomic mass is 10.1. The van der Waals surface area contributed by atoms with Crippen molar-refractivity contribution >= 4 is 16.9 Å². The minimum absolute atomic E-state index is 0.168. The van der Waals surface area contributed by atoms with Gasteiger partial charge in [0.05, 0.1) is 10.9 Å². The van der Waals surface area contributed by atoms with E-state index in [0.29, 0.717) is 18.3 Å².